The van der Waals surface area contributed by atoms with Gasteiger partial charge in [0.1, 0.15) is 0 Å². The van der Waals surface area contributed by atoms with E-state index in [2.05, 4.69) is 12.3 Å². The smallest absolute Gasteiger partial charge is 0.0931 e. The third kappa shape index (κ3) is 2.75. The van der Waals surface area contributed by atoms with Crippen LogP contribution in [0.15, 0.2) is 12.1 Å². The van der Waals surface area contributed by atoms with E-state index in [1.165, 1.54) is 4.88 Å². The Balaban J connectivity index is 2.50. The molecule has 0 aromatic carbocycles. The van der Waals surface area contributed by atoms with Crippen LogP contribution < -0.4 is 11.3 Å². The first-order valence-corrected chi connectivity index (χ1v) is 5.16. The molecule has 1 aromatic rings. The maximum absolute atomic E-state index is 5.80. The topological polar surface area (TPSA) is 38.0 Å². The average Bonchev–Trinajstić information content (AvgIpc) is 2.47. The second kappa shape index (κ2) is 4.82. The quantitative estimate of drug-likeness (QED) is 0.583. The lowest BCUT2D eigenvalue weighted by Gasteiger charge is -2.10. The van der Waals surface area contributed by atoms with Gasteiger partial charge >= 0.3 is 0 Å². The molecule has 0 aliphatic carbocycles. The van der Waals surface area contributed by atoms with Gasteiger partial charge in [-0.15, -0.1) is 11.3 Å². The van der Waals surface area contributed by atoms with E-state index in [4.69, 9.17) is 17.4 Å². The predicted octanol–water partition coefficient (Wildman–Crippen LogP) is 2.19. The van der Waals surface area contributed by atoms with E-state index < -0.39 is 0 Å². The van der Waals surface area contributed by atoms with Crippen LogP contribution >= 0.6 is 22.9 Å². The van der Waals surface area contributed by atoms with Gasteiger partial charge < -0.3 is 0 Å². The lowest BCUT2D eigenvalue weighted by molar-refractivity contribution is 0.514. The monoisotopic (exact) mass is 204 g/mol. The first-order valence-electron chi connectivity index (χ1n) is 3.96. The zero-order valence-corrected chi connectivity index (χ0v) is 8.58. The Morgan fingerprint density at radius 3 is 2.83 bits per heavy atom. The van der Waals surface area contributed by atoms with Crippen LogP contribution in [0.25, 0.3) is 0 Å². The minimum Gasteiger partial charge on any atom is -0.271 e. The van der Waals surface area contributed by atoms with Crippen molar-refractivity contribution in [1.82, 2.24) is 5.43 Å². The van der Waals surface area contributed by atoms with Crippen LogP contribution in [0.4, 0.5) is 0 Å². The molecular weight excluding hydrogens is 192 g/mol. The second-order valence-electron chi connectivity index (χ2n) is 2.68. The maximum atomic E-state index is 5.80. The third-order valence-electron chi connectivity index (χ3n) is 1.80. The fraction of sp³-hybridized carbons (Fsp3) is 0.500. The minimum atomic E-state index is 0.361. The SMILES string of the molecule is CCC(Cc1ccc(Cl)s1)NN. The molecule has 1 atom stereocenters. The molecule has 2 nitrogen and oxygen atoms in total. The zero-order chi connectivity index (χ0) is 8.97. The highest BCUT2D eigenvalue weighted by atomic mass is 35.5. The van der Waals surface area contributed by atoms with Crippen molar-refractivity contribution in [3.63, 3.8) is 0 Å². The molecule has 1 unspecified atom stereocenters. The molecule has 1 heterocycles. The Kier molecular flexibility index (Phi) is 4.01. The van der Waals surface area contributed by atoms with Crippen molar-refractivity contribution >= 4 is 22.9 Å². The first kappa shape index (κ1) is 9.99. The lowest BCUT2D eigenvalue weighted by atomic mass is 10.1. The van der Waals surface area contributed by atoms with Gasteiger partial charge in [0, 0.05) is 10.9 Å². The number of hydrogen-bond donors (Lipinski definition) is 2. The molecule has 0 bridgehead atoms. The summed E-state index contributed by atoms with van der Waals surface area (Å²) >= 11 is 7.41. The molecule has 0 aliphatic rings. The summed E-state index contributed by atoms with van der Waals surface area (Å²) < 4.78 is 0.844. The van der Waals surface area contributed by atoms with Gasteiger partial charge in [-0.25, -0.2) is 0 Å². The van der Waals surface area contributed by atoms with Gasteiger partial charge in [-0.2, -0.15) is 0 Å². The van der Waals surface area contributed by atoms with Gasteiger partial charge in [0.05, 0.1) is 4.34 Å². The molecule has 0 radical (unpaired) electrons. The molecule has 68 valence electrons. The summed E-state index contributed by atoms with van der Waals surface area (Å²) in [5.41, 5.74) is 2.77. The summed E-state index contributed by atoms with van der Waals surface area (Å²) in [6, 6.07) is 4.33. The first-order chi connectivity index (χ1) is 5.76. The Bertz CT molecular complexity index is 233. The maximum Gasteiger partial charge on any atom is 0.0931 e. The number of rotatable bonds is 4. The number of halogens is 1. The van der Waals surface area contributed by atoms with Crippen LogP contribution in [-0.2, 0) is 6.42 Å². The van der Waals surface area contributed by atoms with Crippen molar-refractivity contribution in [3.05, 3.63) is 21.3 Å². The molecule has 0 fully saturated rings. The lowest BCUT2D eigenvalue weighted by Crippen LogP contribution is -2.35. The predicted molar refractivity (Wildman–Crippen MR) is 54.4 cm³/mol. The average molecular weight is 205 g/mol. The van der Waals surface area contributed by atoms with E-state index in [1.54, 1.807) is 11.3 Å². The molecule has 3 N–H and O–H groups in total. The van der Waals surface area contributed by atoms with Gasteiger partial charge in [-0.3, -0.25) is 11.3 Å². The molecule has 1 rings (SSSR count). The molecule has 0 aliphatic heterocycles. The van der Waals surface area contributed by atoms with Crippen molar-refractivity contribution in [2.45, 2.75) is 25.8 Å². The third-order valence-corrected chi connectivity index (χ3v) is 3.06. The summed E-state index contributed by atoms with van der Waals surface area (Å²) in [5.74, 6) is 5.36. The van der Waals surface area contributed by atoms with Crippen molar-refractivity contribution in [1.29, 1.82) is 0 Å². The Labute approximate surface area is 81.7 Å². The summed E-state index contributed by atoms with van der Waals surface area (Å²) in [7, 11) is 0. The zero-order valence-electron chi connectivity index (χ0n) is 7.01. The van der Waals surface area contributed by atoms with Crippen molar-refractivity contribution in [2.75, 3.05) is 0 Å². The van der Waals surface area contributed by atoms with Crippen LogP contribution in [0, 0.1) is 0 Å². The normalized spacial score (nSPS) is 13.2. The van der Waals surface area contributed by atoms with Crippen molar-refractivity contribution < 1.29 is 0 Å². The number of nitrogens with one attached hydrogen (secondary N) is 1. The number of nitrogens with two attached hydrogens (primary N) is 1. The van der Waals surface area contributed by atoms with Crippen LogP contribution in [0.2, 0.25) is 4.34 Å². The van der Waals surface area contributed by atoms with E-state index >= 15 is 0 Å². The van der Waals surface area contributed by atoms with E-state index in [1.807, 2.05) is 12.1 Å². The van der Waals surface area contributed by atoms with E-state index in [0.29, 0.717) is 6.04 Å². The van der Waals surface area contributed by atoms with Gasteiger partial charge in [-0.1, -0.05) is 18.5 Å². The van der Waals surface area contributed by atoms with Gasteiger partial charge in [0.2, 0.25) is 0 Å². The highest BCUT2D eigenvalue weighted by Gasteiger charge is 2.06. The van der Waals surface area contributed by atoms with Crippen LogP contribution in [0.5, 0.6) is 0 Å². The molecular formula is C8H13ClN2S. The van der Waals surface area contributed by atoms with E-state index in [9.17, 15) is 0 Å². The summed E-state index contributed by atoms with van der Waals surface area (Å²) in [6.07, 6.45) is 2.00. The van der Waals surface area contributed by atoms with Crippen molar-refractivity contribution in [2.24, 2.45) is 5.84 Å². The molecule has 4 heteroatoms. The van der Waals surface area contributed by atoms with E-state index in [-0.39, 0.29) is 0 Å². The summed E-state index contributed by atoms with van der Waals surface area (Å²) in [5, 5.41) is 0. The summed E-state index contributed by atoms with van der Waals surface area (Å²) in [4.78, 5) is 1.28. The highest BCUT2D eigenvalue weighted by Crippen LogP contribution is 2.22. The van der Waals surface area contributed by atoms with Gasteiger partial charge in [0.15, 0.2) is 0 Å². The Morgan fingerprint density at radius 2 is 2.42 bits per heavy atom. The van der Waals surface area contributed by atoms with Crippen LogP contribution in [0.1, 0.15) is 18.2 Å². The second-order valence-corrected chi connectivity index (χ2v) is 4.48. The highest BCUT2D eigenvalue weighted by molar-refractivity contribution is 7.16. The molecule has 0 amide bonds. The minimum absolute atomic E-state index is 0.361. The molecule has 0 spiro atoms. The molecule has 0 saturated carbocycles. The van der Waals surface area contributed by atoms with Gasteiger partial charge in [-0.05, 0) is 25.0 Å². The molecule has 12 heavy (non-hydrogen) atoms. The van der Waals surface area contributed by atoms with Crippen LogP contribution in [-0.4, -0.2) is 6.04 Å². The number of hydrazine groups is 1. The standard InChI is InChI=1S/C8H13ClN2S/c1-2-6(11-10)5-7-3-4-8(9)12-7/h3-4,6,11H,2,5,10H2,1H3. The van der Waals surface area contributed by atoms with Crippen molar-refractivity contribution in [3.8, 4) is 0 Å². The van der Waals surface area contributed by atoms with Gasteiger partial charge in [0.25, 0.3) is 0 Å². The largest absolute Gasteiger partial charge is 0.271 e. The fourth-order valence-electron chi connectivity index (χ4n) is 1.03. The number of thiophene rings is 1. The molecule has 0 saturated heterocycles. The Hall–Kier alpha value is -0.0900. The fourth-order valence-corrected chi connectivity index (χ4v) is 2.19. The Morgan fingerprint density at radius 1 is 1.67 bits per heavy atom. The summed E-state index contributed by atoms with van der Waals surface area (Å²) in [6.45, 7) is 2.11. The molecule has 1 aromatic heterocycles. The van der Waals surface area contributed by atoms with Crippen LogP contribution in [0.3, 0.4) is 0 Å². The number of hydrogen-bond acceptors (Lipinski definition) is 3. The van der Waals surface area contributed by atoms with E-state index in [0.717, 1.165) is 17.2 Å².